The molecule has 0 aliphatic carbocycles. The van der Waals surface area contributed by atoms with Crippen LogP contribution in [0.4, 0.5) is 0 Å². The summed E-state index contributed by atoms with van der Waals surface area (Å²) in [5, 5.41) is 0. The number of hydrogen-bond donors (Lipinski definition) is 2. The molecular weight excluding hydrogens is 746 g/mol. The third-order valence-corrected chi connectivity index (χ3v) is 12.2. The van der Waals surface area contributed by atoms with E-state index in [-0.39, 0.29) is 32.3 Å². The second-order valence-electron chi connectivity index (χ2n) is 17.0. The third-order valence-electron chi connectivity index (χ3n) is 11.2. The number of carbonyl (C=O) groups excluding carboxylic acids is 1. The Balaban J connectivity index is 3.86. The van der Waals surface area contributed by atoms with Crippen LogP contribution in [0.2, 0.25) is 0 Å². The molecule has 2 unspecified atom stereocenters. The minimum atomic E-state index is -4.27. The van der Waals surface area contributed by atoms with Gasteiger partial charge in [0.15, 0.2) is 0 Å². The van der Waals surface area contributed by atoms with Crippen LogP contribution in [0.1, 0.15) is 258 Å². The number of nitrogens with two attached hydrogens (primary N) is 1. The zero-order valence-electron chi connectivity index (χ0n) is 38.6. The van der Waals surface area contributed by atoms with Crippen molar-refractivity contribution in [2.24, 2.45) is 5.73 Å². The molecule has 58 heavy (non-hydrogen) atoms. The average molecular weight is 844 g/mol. The Labute approximate surface area is 360 Å². The van der Waals surface area contributed by atoms with Crippen molar-refractivity contribution >= 4 is 13.8 Å². The van der Waals surface area contributed by atoms with E-state index >= 15 is 0 Å². The monoisotopic (exact) mass is 844 g/mol. The summed E-state index contributed by atoms with van der Waals surface area (Å²) >= 11 is 0. The lowest BCUT2D eigenvalue weighted by atomic mass is 10.0. The summed E-state index contributed by atoms with van der Waals surface area (Å²) in [6, 6.07) is 0. The Hall–Kier alpha value is -0.760. The Morgan fingerprint density at radius 3 is 1.26 bits per heavy atom. The first-order valence-corrected chi connectivity index (χ1v) is 26.7. The highest BCUT2D eigenvalue weighted by atomic mass is 31.2. The van der Waals surface area contributed by atoms with Crippen molar-refractivity contribution in [1.29, 1.82) is 0 Å². The van der Waals surface area contributed by atoms with E-state index in [0.717, 1.165) is 32.1 Å². The first-order valence-electron chi connectivity index (χ1n) is 25.2. The molecule has 0 amide bonds. The molecule has 0 aliphatic heterocycles. The number of allylic oxidation sites excluding steroid dienone is 2. The van der Waals surface area contributed by atoms with Crippen LogP contribution in [-0.4, -0.2) is 49.9 Å². The molecule has 0 heterocycles. The van der Waals surface area contributed by atoms with E-state index in [1.807, 2.05) is 0 Å². The summed E-state index contributed by atoms with van der Waals surface area (Å²) in [5.74, 6) is -0.324. The second kappa shape index (κ2) is 47.3. The molecular formula is C49H98NO7P. The number of phosphoric ester groups is 1. The van der Waals surface area contributed by atoms with Crippen LogP contribution < -0.4 is 5.73 Å². The van der Waals surface area contributed by atoms with Crippen molar-refractivity contribution in [2.45, 2.75) is 264 Å². The third kappa shape index (κ3) is 46.3. The molecule has 8 nitrogen and oxygen atoms in total. The van der Waals surface area contributed by atoms with Gasteiger partial charge in [-0.3, -0.25) is 13.8 Å². The minimum Gasteiger partial charge on any atom is -0.457 e. The van der Waals surface area contributed by atoms with E-state index in [1.54, 1.807) is 0 Å². The van der Waals surface area contributed by atoms with Gasteiger partial charge in [-0.15, -0.1) is 0 Å². The Morgan fingerprint density at radius 1 is 0.500 bits per heavy atom. The van der Waals surface area contributed by atoms with Crippen molar-refractivity contribution in [3.05, 3.63) is 12.2 Å². The maximum absolute atomic E-state index is 12.6. The fourth-order valence-corrected chi connectivity index (χ4v) is 8.23. The summed E-state index contributed by atoms with van der Waals surface area (Å²) in [7, 11) is -4.27. The number of rotatable bonds is 49. The van der Waals surface area contributed by atoms with Gasteiger partial charge in [0.2, 0.25) is 0 Å². The maximum atomic E-state index is 12.6. The molecule has 0 bridgehead atoms. The van der Waals surface area contributed by atoms with Crippen LogP contribution in [0.15, 0.2) is 12.2 Å². The van der Waals surface area contributed by atoms with Gasteiger partial charge >= 0.3 is 13.8 Å². The van der Waals surface area contributed by atoms with Crippen molar-refractivity contribution in [1.82, 2.24) is 0 Å². The lowest BCUT2D eigenvalue weighted by Crippen LogP contribution is -2.28. The van der Waals surface area contributed by atoms with Crippen LogP contribution in [0.25, 0.3) is 0 Å². The lowest BCUT2D eigenvalue weighted by Gasteiger charge is -2.20. The van der Waals surface area contributed by atoms with Gasteiger partial charge in [-0.2, -0.15) is 0 Å². The number of unbranched alkanes of at least 4 members (excludes halogenated alkanes) is 34. The number of ether oxygens (including phenoxy) is 2. The molecule has 0 aromatic carbocycles. The van der Waals surface area contributed by atoms with E-state index in [2.05, 4.69) is 26.0 Å². The minimum absolute atomic E-state index is 0.0915. The molecule has 0 aliphatic rings. The first kappa shape index (κ1) is 57.2. The normalized spacial score (nSPS) is 13.4. The molecule has 0 saturated heterocycles. The van der Waals surface area contributed by atoms with E-state index < -0.39 is 13.9 Å². The molecule has 9 heteroatoms. The van der Waals surface area contributed by atoms with Gasteiger partial charge in [0.05, 0.1) is 19.8 Å². The highest BCUT2D eigenvalue weighted by Gasteiger charge is 2.25. The van der Waals surface area contributed by atoms with E-state index in [0.29, 0.717) is 13.0 Å². The van der Waals surface area contributed by atoms with Crippen LogP contribution in [0, 0.1) is 0 Å². The van der Waals surface area contributed by atoms with Gasteiger partial charge in [-0.1, -0.05) is 225 Å². The molecule has 0 rings (SSSR count). The SMILES string of the molecule is CCCCCCCCCC/C=C\CCCCCCCCCCCCCCCC(=O)OC(COCCCCCCCCCCCCCCCC)COP(=O)(O)OCCN. The number of hydrogen-bond acceptors (Lipinski definition) is 7. The maximum Gasteiger partial charge on any atom is 0.472 e. The Morgan fingerprint density at radius 2 is 0.862 bits per heavy atom. The van der Waals surface area contributed by atoms with Gasteiger partial charge < -0.3 is 20.1 Å². The molecule has 0 fully saturated rings. The molecule has 3 N–H and O–H groups in total. The lowest BCUT2D eigenvalue weighted by molar-refractivity contribution is -0.154. The van der Waals surface area contributed by atoms with Crippen molar-refractivity contribution in [3.8, 4) is 0 Å². The van der Waals surface area contributed by atoms with E-state index in [1.165, 1.54) is 205 Å². The molecule has 346 valence electrons. The molecule has 0 saturated carbocycles. The van der Waals surface area contributed by atoms with Gasteiger partial charge in [-0.05, 0) is 38.5 Å². The number of phosphoric acid groups is 1. The quantitative estimate of drug-likeness (QED) is 0.0269. The fourth-order valence-electron chi connectivity index (χ4n) is 7.46. The summed E-state index contributed by atoms with van der Waals surface area (Å²) in [5.41, 5.74) is 5.38. The zero-order valence-corrected chi connectivity index (χ0v) is 39.5. The van der Waals surface area contributed by atoms with Crippen LogP contribution in [0.3, 0.4) is 0 Å². The Kier molecular flexibility index (Phi) is 46.7. The molecule has 0 aromatic rings. The van der Waals surface area contributed by atoms with Gasteiger partial charge in [0.1, 0.15) is 6.10 Å². The zero-order chi connectivity index (χ0) is 42.3. The largest absolute Gasteiger partial charge is 0.472 e. The summed E-state index contributed by atoms with van der Waals surface area (Å²) < 4.78 is 33.5. The van der Waals surface area contributed by atoms with Crippen LogP contribution in [-0.2, 0) is 27.9 Å². The van der Waals surface area contributed by atoms with E-state index in [9.17, 15) is 14.3 Å². The fraction of sp³-hybridized carbons (Fsp3) is 0.939. The predicted octanol–water partition coefficient (Wildman–Crippen LogP) is 15.4. The van der Waals surface area contributed by atoms with Gasteiger partial charge in [0.25, 0.3) is 0 Å². The predicted molar refractivity (Wildman–Crippen MR) is 247 cm³/mol. The van der Waals surface area contributed by atoms with Crippen molar-refractivity contribution in [2.75, 3.05) is 33.0 Å². The average Bonchev–Trinajstić information content (AvgIpc) is 3.21. The summed E-state index contributed by atoms with van der Waals surface area (Å²) in [4.78, 5) is 22.6. The highest BCUT2D eigenvalue weighted by molar-refractivity contribution is 7.47. The van der Waals surface area contributed by atoms with Crippen molar-refractivity contribution in [3.63, 3.8) is 0 Å². The van der Waals surface area contributed by atoms with Crippen LogP contribution in [0.5, 0.6) is 0 Å². The molecule has 0 radical (unpaired) electrons. The topological polar surface area (TPSA) is 117 Å². The molecule has 0 aromatic heterocycles. The van der Waals surface area contributed by atoms with Crippen LogP contribution >= 0.6 is 7.82 Å². The molecule has 0 spiro atoms. The summed E-state index contributed by atoms with van der Waals surface area (Å²) in [6.07, 6.45) is 52.4. The highest BCUT2D eigenvalue weighted by Crippen LogP contribution is 2.43. The molecule has 2 atom stereocenters. The standard InChI is InChI=1S/C49H98NO7P/c1-3-5-7-9-11-13-15-17-19-20-21-22-23-24-25-26-27-28-29-30-32-34-36-38-40-42-49(51)57-48(47-56-58(52,53)55-45-43-50)46-54-44-41-39-37-35-33-31-18-16-14-12-10-8-6-4-2/h20-21,48H,3-19,22-47,50H2,1-2H3,(H,52,53)/b21-20-. The summed E-state index contributed by atoms with van der Waals surface area (Å²) in [6.45, 7) is 4.98. The number of carbonyl (C=O) groups is 1. The second-order valence-corrected chi connectivity index (χ2v) is 18.5. The van der Waals surface area contributed by atoms with E-state index in [4.69, 9.17) is 24.3 Å². The van der Waals surface area contributed by atoms with Crippen molar-refractivity contribution < 1.29 is 32.8 Å². The van der Waals surface area contributed by atoms with Gasteiger partial charge in [-0.25, -0.2) is 4.57 Å². The number of esters is 1. The first-order chi connectivity index (χ1) is 28.4. The Bertz CT molecular complexity index is 904. The smallest absolute Gasteiger partial charge is 0.457 e. The van der Waals surface area contributed by atoms with Gasteiger partial charge in [0, 0.05) is 19.6 Å².